The molecule has 0 unspecified atom stereocenters. The summed E-state index contributed by atoms with van der Waals surface area (Å²) < 4.78 is 5.39. The predicted molar refractivity (Wildman–Crippen MR) is 129 cm³/mol. The van der Waals surface area contributed by atoms with E-state index in [1.165, 1.54) is 12.0 Å². The van der Waals surface area contributed by atoms with Crippen LogP contribution >= 0.6 is 0 Å². The van der Waals surface area contributed by atoms with E-state index in [0.29, 0.717) is 28.4 Å². The smallest absolute Gasteiger partial charge is 0.323 e. The van der Waals surface area contributed by atoms with E-state index in [2.05, 4.69) is 16.0 Å². The number of aryl methyl sites for hydroxylation is 1. The fraction of sp³-hybridized carbons (Fsp3) is 0.160. The van der Waals surface area contributed by atoms with Gasteiger partial charge in [0.25, 0.3) is 0 Å². The molecule has 1 heterocycles. The highest BCUT2D eigenvalue weighted by atomic mass is 16.5. The molecule has 0 atom stereocenters. The number of carbonyl (C=O) groups is 3. The van der Waals surface area contributed by atoms with Gasteiger partial charge in [0.05, 0.1) is 19.2 Å². The molecule has 9 heteroatoms. The molecule has 9 nitrogen and oxygen atoms in total. The number of anilines is 2. The highest BCUT2D eigenvalue weighted by Crippen LogP contribution is 2.26. The molecule has 1 aliphatic heterocycles. The minimum atomic E-state index is -0.957. The van der Waals surface area contributed by atoms with Gasteiger partial charge >= 0.3 is 12.0 Å². The highest BCUT2D eigenvalue weighted by molar-refractivity contribution is 6.01. The van der Waals surface area contributed by atoms with Crippen LogP contribution in [0.5, 0.6) is 5.75 Å². The summed E-state index contributed by atoms with van der Waals surface area (Å²) in [5, 5.41) is 17.2. The van der Waals surface area contributed by atoms with E-state index in [4.69, 9.17) is 9.84 Å². The van der Waals surface area contributed by atoms with Crippen molar-refractivity contribution in [3.8, 4) is 5.75 Å². The number of para-hydroxylation sites is 1. The van der Waals surface area contributed by atoms with Crippen LogP contribution in [-0.2, 0) is 16.0 Å². The van der Waals surface area contributed by atoms with Gasteiger partial charge in [-0.1, -0.05) is 24.3 Å². The number of urea groups is 1. The number of benzene rings is 2. The van der Waals surface area contributed by atoms with Gasteiger partial charge in [-0.15, -0.1) is 0 Å². The van der Waals surface area contributed by atoms with Crippen LogP contribution in [0.2, 0.25) is 0 Å². The van der Waals surface area contributed by atoms with Crippen molar-refractivity contribution in [1.29, 1.82) is 0 Å². The molecule has 0 bridgehead atoms. The number of carbonyl (C=O) groups excluding carboxylic acids is 2. The lowest BCUT2D eigenvalue weighted by molar-refractivity contribution is -0.137. The minimum absolute atomic E-state index is 0.0831. The lowest BCUT2D eigenvalue weighted by atomic mass is 10.1. The molecule has 3 amide bonds. The average Bonchev–Trinajstić information content (AvgIpc) is 3.00. The van der Waals surface area contributed by atoms with Gasteiger partial charge in [-0.25, -0.2) is 4.79 Å². The van der Waals surface area contributed by atoms with Crippen molar-refractivity contribution >= 4 is 29.3 Å². The van der Waals surface area contributed by atoms with Crippen LogP contribution in [0.1, 0.15) is 11.1 Å². The number of allylic oxidation sites excluding steroid dienone is 3. The number of methoxy groups -OCH3 is 1. The molecule has 4 N–H and O–H groups in total. The topological polar surface area (TPSA) is 120 Å². The average molecular weight is 463 g/mol. The number of nitrogens with one attached hydrogen (secondary N) is 3. The van der Waals surface area contributed by atoms with Crippen LogP contribution in [0.15, 0.2) is 78.8 Å². The Morgan fingerprint density at radius 3 is 2.50 bits per heavy atom. The van der Waals surface area contributed by atoms with E-state index in [0.717, 1.165) is 5.56 Å². The molecule has 3 rings (SSSR count). The van der Waals surface area contributed by atoms with Crippen molar-refractivity contribution in [2.75, 3.05) is 24.3 Å². The number of nitrogens with zero attached hydrogens (tertiary/aromatic N) is 1. The normalized spacial score (nSPS) is 12.4. The van der Waals surface area contributed by atoms with Crippen LogP contribution < -0.4 is 20.7 Å². The largest absolute Gasteiger partial charge is 0.495 e. The number of hydrogen-bond acceptors (Lipinski definition) is 5. The second-order valence-electron chi connectivity index (χ2n) is 7.50. The summed E-state index contributed by atoms with van der Waals surface area (Å²) in [4.78, 5) is 37.2. The molecule has 2 aromatic rings. The van der Waals surface area contributed by atoms with Crippen LogP contribution in [0.25, 0.3) is 0 Å². The van der Waals surface area contributed by atoms with Crippen LogP contribution in [0.4, 0.5) is 16.2 Å². The number of rotatable bonds is 8. The van der Waals surface area contributed by atoms with Gasteiger partial charge in [-0.2, -0.15) is 0 Å². The second-order valence-corrected chi connectivity index (χ2v) is 7.50. The summed E-state index contributed by atoms with van der Waals surface area (Å²) in [6.07, 6.45) is 8.23. The van der Waals surface area contributed by atoms with E-state index >= 15 is 0 Å². The van der Waals surface area contributed by atoms with Crippen molar-refractivity contribution in [3.63, 3.8) is 0 Å². The first-order valence-electron chi connectivity index (χ1n) is 10.5. The summed E-state index contributed by atoms with van der Waals surface area (Å²) in [5.74, 6) is -0.788. The lowest BCUT2D eigenvalue weighted by Crippen LogP contribution is -2.24. The van der Waals surface area contributed by atoms with Crippen molar-refractivity contribution in [2.45, 2.75) is 13.3 Å². The fourth-order valence-electron chi connectivity index (χ4n) is 3.21. The summed E-state index contributed by atoms with van der Waals surface area (Å²) in [5.41, 5.74) is 3.34. The molecule has 0 saturated carbocycles. The Morgan fingerprint density at radius 2 is 1.76 bits per heavy atom. The van der Waals surface area contributed by atoms with Crippen LogP contribution in [-0.4, -0.2) is 41.6 Å². The lowest BCUT2D eigenvalue weighted by Gasteiger charge is -2.14. The van der Waals surface area contributed by atoms with Gasteiger partial charge in [0, 0.05) is 23.8 Å². The van der Waals surface area contributed by atoms with Gasteiger partial charge in [-0.3, -0.25) is 9.59 Å². The van der Waals surface area contributed by atoms with Crippen molar-refractivity contribution in [1.82, 2.24) is 10.2 Å². The Bertz CT molecular complexity index is 1170. The molecular formula is C25H26N4O5. The first kappa shape index (κ1) is 24.1. The third kappa shape index (κ3) is 6.99. The third-order valence-corrected chi connectivity index (χ3v) is 4.87. The fourth-order valence-corrected chi connectivity index (χ4v) is 3.21. The van der Waals surface area contributed by atoms with Crippen molar-refractivity contribution in [2.24, 2.45) is 0 Å². The Morgan fingerprint density at radius 1 is 1.00 bits per heavy atom. The SMILES string of the molecule is COc1cc(CC(=O)NC2=CC=CN(CC(=O)O)C=C2)ccc1NC(=O)Nc1ccccc1C. The van der Waals surface area contributed by atoms with E-state index < -0.39 is 12.0 Å². The molecule has 0 radical (unpaired) electrons. The quantitative estimate of drug-likeness (QED) is 0.476. The Balaban J connectivity index is 1.59. The molecule has 0 aromatic heterocycles. The standard InChI is InChI=1S/C25H26N4O5/c1-17-6-3-4-8-20(17)27-25(33)28-21-10-9-18(14-22(21)34-2)15-23(30)26-19-7-5-12-29(13-11-19)16-24(31)32/h3-14H,15-16H2,1-2H3,(H,26,30)(H,31,32)(H2,27,28,33). The van der Waals surface area contributed by atoms with Gasteiger partial charge in [-0.05, 0) is 54.5 Å². The Labute approximate surface area is 197 Å². The molecule has 0 saturated heterocycles. The summed E-state index contributed by atoms with van der Waals surface area (Å²) >= 11 is 0. The highest BCUT2D eigenvalue weighted by Gasteiger charge is 2.12. The molecule has 1 aliphatic rings. The van der Waals surface area contributed by atoms with E-state index in [-0.39, 0.29) is 18.9 Å². The molecule has 34 heavy (non-hydrogen) atoms. The monoisotopic (exact) mass is 462 g/mol. The summed E-state index contributed by atoms with van der Waals surface area (Å²) in [6.45, 7) is 1.73. The zero-order valence-corrected chi connectivity index (χ0v) is 18.9. The molecule has 2 aromatic carbocycles. The number of amides is 3. The number of ether oxygens (including phenoxy) is 1. The number of aliphatic carboxylic acids is 1. The first-order valence-corrected chi connectivity index (χ1v) is 10.5. The number of hydrogen-bond donors (Lipinski definition) is 4. The van der Waals surface area contributed by atoms with Crippen LogP contribution in [0.3, 0.4) is 0 Å². The van der Waals surface area contributed by atoms with Gasteiger partial charge in [0.15, 0.2) is 0 Å². The van der Waals surface area contributed by atoms with E-state index in [9.17, 15) is 14.4 Å². The first-order chi connectivity index (χ1) is 16.3. The summed E-state index contributed by atoms with van der Waals surface area (Å²) in [7, 11) is 1.49. The third-order valence-electron chi connectivity index (χ3n) is 4.87. The van der Waals surface area contributed by atoms with Crippen LogP contribution in [0, 0.1) is 6.92 Å². The van der Waals surface area contributed by atoms with Crippen molar-refractivity contribution < 1.29 is 24.2 Å². The minimum Gasteiger partial charge on any atom is -0.495 e. The summed E-state index contributed by atoms with van der Waals surface area (Å²) in [6, 6.07) is 12.1. The van der Waals surface area contributed by atoms with Gasteiger partial charge in [0.2, 0.25) is 5.91 Å². The van der Waals surface area contributed by atoms with Gasteiger partial charge < -0.3 is 30.7 Å². The molecule has 0 fully saturated rings. The maximum absolute atomic E-state index is 12.5. The Hall–Kier alpha value is -4.53. The van der Waals surface area contributed by atoms with E-state index in [1.54, 1.807) is 48.8 Å². The zero-order valence-electron chi connectivity index (χ0n) is 18.9. The Kier molecular flexibility index (Phi) is 8.07. The second kappa shape index (κ2) is 11.4. The molecule has 176 valence electrons. The maximum Gasteiger partial charge on any atom is 0.323 e. The van der Waals surface area contributed by atoms with E-state index in [1.807, 2.05) is 31.2 Å². The van der Waals surface area contributed by atoms with Gasteiger partial charge in [0.1, 0.15) is 12.3 Å². The number of carboxylic acids is 1. The zero-order chi connectivity index (χ0) is 24.5. The predicted octanol–water partition coefficient (Wildman–Crippen LogP) is 3.62. The number of carboxylic acid groups (broad SMARTS) is 1. The molecule has 0 aliphatic carbocycles. The molecular weight excluding hydrogens is 436 g/mol. The van der Waals surface area contributed by atoms with Crippen molar-refractivity contribution in [3.05, 3.63) is 89.9 Å². The molecule has 0 spiro atoms. The maximum atomic E-state index is 12.5.